The molecule has 0 radical (unpaired) electrons. The summed E-state index contributed by atoms with van der Waals surface area (Å²) in [7, 11) is 1.43. The van der Waals surface area contributed by atoms with Crippen molar-refractivity contribution in [3.63, 3.8) is 0 Å². The van der Waals surface area contributed by atoms with Crippen LogP contribution in [0.15, 0.2) is 0 Å². The van der Waals surface area contributed by atoms with Gasteiger partial charge in [0.1, 0.15) is 5.54 Å². The van der Waals surface area contributed by atoms with E-state index < -0.39 is 5.54 Å². The Bertz CT molecular complexity index is 201. The highest BCUT2D eigenvalue weighted by Gasteiger charge is 2.44. The zero-order valence-electron chi connectivity index (χ0n) is 8.23. The van der Waals surface area contributed by atoms with Gasteiger partial charge in [0.25, 0.3) is 0 Å². The van der Waals surface area contributed by atoms with E-state index in [1.807, 2.05) is 6.92 Å². The first-order valence-corrected chi connectivity index (χ1v) is 4.27. The van der Waals surface area contributed by atoms with Crippen LogP contribution in [0.4, 0.5) is 0 Å². The van der Waals surface area contributed by atoms with Crippen LogP contribution in [0.25, 0.3) is 0 Å². The number of ether oxygens (including phenoxy) is 1. The monoisotopic (exact) mass is 171 g/mol. The Balaban J connectivity index is 2.71. The van der Waals surface area contributed by atoms with Crippen LogP contribution < -0.4 is 5.32 Å². The molecule has 12 heavy (non-hydrogen) atoms. The van der Waals surface area contributed by atoms with Crippen LogP contribution in [0.3, 0.4) is 0 Å². The predicted molar refractivity (Wildman–Crippen MR) is 46.9 cm³/mol. The van der Waals surface area contributed by atoms with Crippen LogP contribution in [-0.4, -0.2) is 24.2 Å². The first-order valence-electron chi connectivity index (χ1n) is 4.27. The minimum absolute atomic E-state index is 0.0585. The van der Waals surface area contributed by atoms with Crippen molar-refractivity contribution >= 4 is 5.97 Å². The molecule has 1 fully saturated rings. The Morgan fingerprint density at radius 2 is 1.92 bits per heavy atom. The molecule has 1 aliphatic heterocycles. The quantitative estimate of drug-likeness (QED) is 0.600. The maximum absolute atomic E-state index is 11.3. The van der Waals surface area contributed by atoms with Gasteiger partial charge in [0.2, 0.25) is 0 Å². The van der Waals surface area contributed by atoms with E-state index in [1.165, 1.54) is 7.11 Å². The molecule has 0 amide bonds. The van der Waals surface area contributed by atoms with E-state index in [-0.39, 0.29) is 11.5 Å². The molecule has 3 heteroatoms. The SMILES string of the molecule is COC(=O)C1(C)CCC(C)(C)N1. The number of hydrogen-bond donors (Lipinski definition) is 1. The van der Waals surface area contributed by atoms with E-state index in [0.717, 1.165) is 12.8 Å². The van der Waals surface area contributed by atoms with Crippen LogP contribution in [0.1, 0.15) is 33.6 Å². The topological polar surface area (TPSA) is 38.3 Å². The van der Waals surface area contributed by atoms with E-state index >= 15 is 0 Å². The Hall–Kier alpha value is -0.570. The Morgan fingerprint density at radius 3 is 2.25 bits per heavy atom. The van der Waals surface area contributed by atoms with Crippen LogP contribution in [-0.2, 0) is 9.53 Å². The minimum Gasteiger partial charge on any atom is -0.468 e. The smallest absolute Gasteiger partial charge is 0.325 e. The van der Waals surface area contributed by atoms with Gasteiger partial charge in [-0.15, -0.1) is 0 Å². The van der Waals surface area contributed by atoms with Crippen molar-refractivity contribution in [2.75, 3.05) is 7.11 Å². The Labute approximate surface area is 73.5 Å². The zero-order valence-corrected chi connectivity index (χ0v) is 8.23. The van der Waals surface area contributed by atoms with Crippen LogP contribution >= 0.6 is 0 Å². The number of rotatable bonds is 1. The Morgan fingerprint density at radius 1 is 1.33 bits per heavy atom. The average molecular weight is 171 g/mol. The molecule has 1 unspecified atom stereocenters. The van der Waals surface area contributed by atoms with E-state index in [9.17, 15) is 4.79 Å². The van der Waals surface area contributed by atoms with Gasteiger partial charge in [-0.3, -0.25) is 10.1 Å². The van der Waals surface area contributed by atoms with Gasteiger partial charge in [-0.1, -0.05) is 0 Å². The molecule has 0 spiro atoms. The molecule has 0 aromatic rings. The maximum atomic E-state index is 11.3. The second-order valence-electron chi connectivity index (χ2n) is 4.33. The molecule has 1 atom stereocenters. The van der Waals surface area contributed by atoms with Gasteiger partial charge in [0.15, 0.2) is 0 Å². The summed E-state index contributed by atoms with van der Waals surface area (Å²) < 4.78 is 4.73. The summed E-state index contributed by atoms with van der Waals surface area (Å²) in [4.78, 5) is 11.3. The fraction of sp³-hybridized carbons (Fsp3) is 0.889. The standard InChI is InChI=1S/C9H17NO2/c1-8(2)5-6-9(3,10-8)7(11)12-4/h10H,5-6H2,1-4H3. The highest BCUT2D eigenvalue weighted by molar-refractivity contribution is 5.80. The lowest BCUT2D eigenvalue weighted by atomic mass is 9.99. The van der Waals surface area contributed by atoms with Gasteiger partial charge in [0, 0.05) is 5.54 Å². The van der Waals surface area contributed by atoms with Gasteiger partial charge >= 0.3 is 5.97 Å². The number of methoxy groups -OCH3 is 1. The largest absolute Gasteiger partial charge is 0.468 e. The summed E-state index contributed by atoms with van der Waals surface area (Å²) in [6, 6.07) is 0. The maximum Gasteiger partial charge on any atom is 0.325 e. The molecule has 0 bridgehead atoms. The molecule has 1 N–H and O–H groups in total. The number of esters is 1. The first-order chi connectivity index (χ1) is 5.40. The highest BCUT2D eigenvalue weighted by atomic mass is 16.5. The van der Waals surface area contributed by atoms with Crippen LogP contribution in [0, 0.1) is 0 Å². The minimum atomic E-state index is -0.474. The lowest BCUT2D eigenvalue weighted by Gasteiger charge is -2.26. The Kier molecular flexibility index (Phi) is 2.17. The van der Waals surface area contributed by atoms with Crippen LogP contribution in [0.2, 0.25) is 0 Å². The van der Waals surface area contributed by atoms with Crippen molar-refractivity contribution in [2.45, 2.75) is 44.7 Å². The van der Waals surface area contributed by atoms with Gasteiger partial charge in [0.05, 0.1) is 7.11 Å². The summed E-state index contributed by atoms with van der Waals surface area (Å²) in [5.41, 5.74) is -0.415. The third-order valence-electron chi connectivity index (χ3n) is 2.50. The molecule has 0 aromatic heterocycles. The van der Waals surface area contributed by atoms with Crippen molar-refractivity contribution < 1.29 is 9.53 Å². The van der Waals surface area contributed by atoms with Crippen LogP contribution in [0.5, 0.6) is 0 Å². The third-order valence-corrected chi connectivity index (χ3v) is 2.50. The fourth-order valence-electron chi connectivity index (χ4n) is 1.81. The fourth-order valence-corrected chi connectivity index (χ4v) is 1.81. The summed E-state index contributed by atoms with van der Waals surface area (Å²) in [6.07, 6.45) is 1.87. The van der Waals surface area contributed by atoms with Crippen molar-refractivity contribution in [2.24, 2.45) is 0 Å². The summed E-state index contributed by atoms with van der Waals surface area (Å²) in [6.45, 7) is 6.09. The van der Waals surface area contributed by atoms with Crippen molar-refractivity contribution in [3.05, 3.63) is 0 Å². The summed E-state index contributed by atoms with van der Waals surface area (Å²) >= 11 is 0. The van der Waals surface area contributed by atoms with Crippen molar-refractivity contribution in [3.8, 4) is 0 Å². The van der Waals surface area contributed by atoms with Gasteiger partial charge < -0.3 is 4.74 Å². The number of hydrogen-bond acceptors (Lipinski definition) is 3. The predicted octanol–water partition coefficient (Wildman–Crippen LogP) is 1.08. The molecule has 0 saturated carbocycles. The second-order valence-corrected chi connectivity index (χ2v) is 4.33. The molecule has 0 aromatic carbocycles. The molecule has 3 nitrogen and oxygen atoms in total. The average Bonchev–Trinajstić information content (AvgIpc) is 2.25. The highest BCUT2D eigenvalue weighted by Crippen LogP contribution is 2.30. The molecule has 70 valence electrons. The number of carbonyl (C=O) groups is 1. The third kappa shape index (κ3) is 1.61. The molecule has 1 aliphatic rings. The van der Waals surface area contributed by atoms with Crippen molar-refractivity contribution in [1.29, 1.82) is 0 Å². The molecular weight excluding hydrogens is 154 g/mol. The van der Waals surface area contributed by atoms with E-state index in [0.29, 0.717) is 0 Å². The molecule has 1 heterocycles. The molecule has 1 saturated heterocycles. The zero-order chi connectivity index (χ0) is 9.41. The lowest BCUT2D eigenvalue weighted by Crippen LogP contribution is -2.51. The number of carbonyl (C=O) groups excluding carboxylic acids is 1. The summed E-state index contributed by atoms with van der Waals surface area (Å²) in [5.74, 6) is -0.159. The van der Waals surface area contributed by atoms with Gasteiger partial charge in [-0.05, 0) is 33.6 Å². The molecule has 0 aliphatic carbocycles. The first kappa shape index (κ1) is 9.52. The second kappa shape index (κ2) is 2.73. The van der Waals surface area contributed by atoms with E-state index in [2.05, 4.69) is 19.2 Å². The van der Waals surface area contributed by atoms with Crippen molar-refractivity contribution in [1.82, 2.24) is 5.32 Å². The normalized spacial score (nSPS) is 33.3. The number of nitrogens with one attached hydrogen (secondary N) is 1. The van der Waals surface area contributed by atoms with E-state index in [4.69, 9.17) is 4.74 Å². The van der Waals surface area contributed by atoms with Gasteiger partial charge in [-0.2, -0.15) is 0 Å². The van der Waals surface area contributed by atoms with E-state index in [1.54, 1.807) is 0 Å². The molecule has 1 rings (SSSR count). The lowest BCUT2D eigenvalue weighted by molar-refractivity contribution is -0.147. The summed E-state index contributed by atoms with van der Waals surface area (Å²) in [5, 5.41) is 3.28. The van der Waals surface area contributed by atoms with Gasteiger partial charge in [-0.25, -0.2) is 0 Å². The molecular formula is C9H17NO2.